The lowest BCUT2D eigenvalue weighted by Crippen LogP contribution is -2.15. The van der Waals surface area contributed by atoms with Crippen LogP contribution < -0.4 is 5.32 Å². The molecule has 0 saturated heterocycles. The van der Waals surface area contributed by atoms with Crippen molar-refractivity contribution >= 4 is 5.69 Å². The third-order valence-electron chi connectivity index (χ3n) is 2.81. The summed E-state index contributed by atoms with van der Waals surface area (Å²) >= 11 is 0. The lowest BCUT2D eigenvalue weighted by molar-refractivity contribution is 0.503. The zero-order valence-corrected chi connectivity index (χ0v) is 9.86. The minimum atomic E-state index is -0.332. The van der Waals surface area contributed by atoms with Crippen LogP contribution in [0.3, 0.4) is 0 Å². The van der Waals surface area contributed by atoms with Crippen molar-refractivity contribution in [1.29, 1.82) is 10.5 Å². The molecule has 4 nitrogen and oxygen atoms in total. The van der Waals surface area contributed by atoms with Crippen LogP contribution in [0.4, 0.5) is 10.1 Å². The topological polar surface area (TPSA) is 79.8 Å². The van der Waals surface area contributed by atoms with Crippen LogP contribution in [0.1, 0.15) is 31.2 Å². The monoisotopic (exact) mass is 247 g/mol. The fourth-order valence-electron chi connectivity index (χ4n) is 1.99. The third kappa shape index (κ3) is 3.95. The minimum Gasteiger partial charge on any atom is -0.443 e. The van der Waals surface area contributed by atoms with Gasteiger partial charge in [-0.05, 0) is 31.0 Å². The van der Waals surface area contributed by atoms with Gasteiger partial charge < -0.3 is 10.4 Å². The van der Waals surface area contributed by atoms with Gasteiger partial charge in [0.1, 0.15) is 5.82 Å². The standard InChI is InChI=1S/C12H13FN2.CHNO/c13-11-7-9(8-14)5-6-12(11)15-10-3-1-2-4-10;2-1-3/h5-7,10,15H,1-4H2;3H. The van der Waals surface area contributed by atoms with Gasteiger partial charge in [0.2, 0.25) is 0 Å². The quantitative estimate of drug-likeness (QED) is 0.787. The highest BCUT2D eigenvalue weighted by molar-refractivity contribution is 5.49. The van der Waals surface area contributed by atoms with Gasteiger partial charge in [0.25, 0.3) is 6.26 Å². The molecule has 1 aromatic rings. The van der Waals surface area contributed by atoms with Crippen LogP contribution in [-0.4, -0.2) is 11.1 Å². The molecule has 2 N–H and O–H groups in total. The summed E-state index contributed by atoms with van der Waals surface area (Å²) in [5.74, 6) is -0.332. The minimum absolute atomic E-state index is 0.332. The van der Waals surface area contributed by atoms with Crippen LogP contribution in [0.15, 0.2) is 18.2 Å². The Morgan fingerprint density at radius 2 is 1.89 bits per heavy atom. The molecule has 0 radical (unpaired) electrons. The average molecular weight is 247 g/mol. The molecular formula is C13H14FN3O. The number of aliphatic hydroxyl groups is 1. The second kappa shape index (κ2) is 7.13. The zero-order valence-electron chi connectivity index (χ0n) is 9.86. The zero-order chi connectivity index (χ0) is 13.4. The summed E-state index contributed by atoms with van der Waals surface area (Å²) in [4.78, 5) is 0. The first kappa shape index (κ1) is 13.8. The highest BCUT2D eigenvalue weighted by Gasteiger charge is 2.15. The first-order valence-corrected chi connectivity index (χ1v) is 5.70. The molecule has 5 heteroatoms. The van der Waals surface area contributed by atoms with Gasteiger partial charge in [-0.25, -0.2) is 4.39 Å². The molecule has 1 aliphatic rings. The van der Waals surface area contributed by atoms with Crippen LogP contribution in [-0.2, 0) is 0 Å². The molecule has 0 bridgehead atoms. The van der Waals surface area contributed by atoms with Gasteiger partial charge >= 0.3 is 0 Å². The fraction of sp³-hybridized carbons (Fsp3) is 0.385. The van der Waals surface area contributed by atoms with E-state index in [4.69, 9.17) is 15.6 Å². The molecule has 1 aromatic carbocycles. The van der Waals surface area contributed by atoms with Crippen molar-refractivity contribution in [3.05, 3.63) is 29.6 Å². The molecule has 0 heterocycles. The van der Waals surface area contributed by atoms with Crippen molar-refractivity contribution in [2.24, 2.45) is 0 Å². The molecule has 1 saturated carbocycles. The van der Waals surface area contributed by atoms with E-state index in [0.717, 1.165) is 19.1 Å². The average Bonchev–Trinajstić information content (AvgIpc) is 2.85. The summed E-state index contributed by atoms with van der Waals surface area (Å²) in [6, 6.07) is 6.88. The second-order valence-electron chi connectivity index (χ2n) is 4.03. The molecular weight excluding hydrogens is 233 g/mol. The van der Waals surface area contributed by atoms with Gasteiger partial charge in [0.15, 0.2) is 0 Å². The van der Waals surface area contributed by atoms with Crippen molar-refractivity contribution in [2.45, 2.75) is 31.7 Å². The number of halogens is 1. The lowest BCUT2D eigenvalue weighted by atomic mass is 10.2. The number of nitrogens with one attached hydrogen (secondary N) is 1. The predicted molar refractivity (Wildman–Crippen MR) is 64.5 cm³/mol. The number of aliphatic hydroxyl groups excluding tert-OH is 1. The summed E-state index contributed by atoms with van der Waals surface area (Å²) < 4.78 is 13.5. The van der Waals surface area contributed by atoms with E-state index in [1.165, 1.54) is 18.9 Å². The Balaban J connectivity index is 0.000000492. The van der Waals surface area contributed by atoms with Crippen molar-refractivity contribution in [3.8, 4) is 12.3 Å². The van der Waals surface area contributed by atoms with E-state index in [-0.39, 0.29) is 5.82 Å². The molecule has 0 unspecified atom stereocenters. The fourth-order valence-corrected chi connectivity index (χ4v) is 1.99. The normalized spacial score (nSPS) is 13.9. The number of hydrogen-bond acceptors (Lipinski definition) is 4. The van der Waals surface area contributed by atoms with Gasteiger partial charge in [0.05, 0.1) is 17.3 Å². The SMILES string of the molecule is N#CO.N#Cc1ccc(NC2CCCC2)c(F)c1. The van der Waals surface area contributed by atoms with Crippen molar-refractivity contribution < 1.29 is 9.50 Å². The molecule has 0 aliphatic heterocycles. The first-order valence-electron chi connectivity index (χ1n) is 5.70. The molecule has 1 fully saturated rings. The third-order valence-corrected chi connectivity index (χ3v) is 2.81. The summed E-state index contributed by atoms with van der Waals surface area (Å²) in [5, 5.41) is 25.5. The maximum absolute atomic E-state index is 13.5. The summed E-state index contributed by atoms with van der Waals surface area (Å²) in [5.41, 5.74) is 0.880. The van der Waals surface area contributed by atoms with Crippen LogP contribution in [0, 0.1) is 28.7 Å². The van der Waals surface area contributed by atoms with E-state index in [1.54, 1.807) is 12.1 Å². The number of nitriles is 2. The van der Waals surface area contributed by atoms with Crippen LogP contribution in [0.25, 0.3) is 0 Å². The van der Waals surface area contributed by atoms with Gasteiger partial charge in [-0.2, -0.15) is 10.5 Å². The molecule has 0 aromatic heterocycles. The molecule has 0 atom stereocenters. The van der Waals surface area contributed by atoms with E-state index < -0.39 is 0 Å². The van der Waals surface area contributed by atoms with Gasteiger partial charge in [-0.1, -0.05) is 12.8 Å². The summed E-state index contributed by atoms with van der Waals surface area (Å²) in [6.07, 6.45) is 5.41. The second-order valence-corrected chi connectivity index (χ2v) is 4.03. The summed E-state index contributed by atoms with van der Waals surface area (Å²) in [7, 11) is 0. The van der Waals surface area contributed by atoms with E-state index in [9.17, 15) is 4.39 Å². The molecule has 0 spiro atoms. The highest BCUT2D eigenvalue weighted by Crippen LogP contribution is 2.24. The van der Waals surface area contributed by atoms with E-state index in [2.05, 4.69) is 5.32 Å². The Bertz CT molecular complexity index is 470. The number of benzene rings is 1. The predicted octanol–water partition coefficient (Wildman–Crippen LogP) is 2.89. The highest BCUT2D eigenvalue weighted by atomic mass is 19.1. The molecule has 2 rings (SSSR count). The number of hydrogen-bond donors (Lipinski definition) is 2. The number of nitrogens with zero attached hydrogens (tertiary/aromatic N) is 2. The van der Waals surface area contributed by atoms with Crippen LogP contribution in [0.2, 0.25) is 0 Å². The van der Waals surface area contributed by atoms with Crippen molar-refractivity contribution in [3.63, 3.8) is 0 Å². The Labute approximate surface area is 105 Å². The van der Waals surface area contributed by atoms with Crippen LogP contribution >= 0.6 is 0 Å². The van der Waals surface area contributed by atoms with Gasteiger partial charge in [0, 0.05) is 6.04 Å². The van der Waals surface area contributed by atoms with Crippen LogP contribution in [0.5, 0.6) is 0 Å². The molecule has 94 valence electrons. The maximum atomic E-state index is 13.5. The maximum Gasteiger partial charge on any atom is 0.283 e. The van der Waals surface area contributed by atoms with Crippen molar-refractivity contribution in [2.75, 3.05) is 5.32 Å². The number of rotatable bonds is 2. The Hall–Kier alpha value is -2.27. The lowest BCUT2D eigenvalue weighted by Gasteiger charge is -2.13. The van der Waals surface area contributed by atoms with E-state index in [0.29, 0.717) is 17.3 Å². The van der Waals surface area contributed by atoms with Gasteiger partial charge in [-0.3, -0.25) is 0 Å². The van der Waals surface area contributed by atoms with Crippen molar-refractivity contribution in [1.82, 2.24) is 0 Å². The van der Waals surface area contributed by atoms with E-state index in [1.807, 2.05) is 6.07 Å². The Kier molecular flexibility index (Phi) is 5.47. The van der Waals surface area contributed by atoms with E-state index >= 15 is 0 Å². The first-order chi connectivity index (χ1) is 8.71. The van der Waals surface area contributed by atoms with Gasteiger partial charge in [-0.15, -0.1) is 0 Å². The molecule has 1 aliphatic carbocycles. The molecule has 0 amide bonds. The smallest absolute Gasteiger partial charge is 0.283 e. The Morgan fingerprint density at radius 3 is 2.39 bits per heavy atom. The number of anilines is 1. The summed E-state index contributed by atoms with van der Waals surface area (Å²) in [6.45, 7) is 0. The molecule has 18 heavy (non-hydrogen) atoms. The largest absolute Gasteiger partial charge is 0.443 e. The Morgan fingerprint density at radius 1 is 1.28 bits per heavy atom.